The van der Waals surface area contributed by atoms with Gasteiger partial charge in [0.2, 0.25) is 5.95 Å². The van der Waals surface area contributed by atoms with Crippen LogP contribution in [0.15, 0.2) is 47.6 Å². The van der Waals surface area contributed by atoms with Gasteiger partial charge in [0.25, 0.3) is 0 Å². The second-order valence-electron chi connectivity index (χ2n) is 2.73. The summed E-state index contributed by atoms with van der Waals surface area (Å²) < 4.78 is 3.03. The first-order valence-corrected chi connectivity index (χ1v) is 5.49. The fourth-order valence-electron chi connectivity index (χ4n) is 0.959. The molecule has 0 aliphatic carbocycles. The van der Waals surface area contributed by atoms with Crippen LogP contribution in [0.2, 0.25) is 5.02 Å². The number of anilines is 1. The molecule has 3 nitrogen and oxygen atoms in total. The monoisotopic (exact) mass is 237 g/mol. The molecule has 0 fully saturated rings. The van der Waals surface area contributed by atoms with Crippen LogP contribution in [0.1, 0.15) is 0 Å². The summed E-state index contributed by atoms with van der Waals surface area (Å²) in [4.78, 5) is 9.15. The summed E-state index contributed by atoms with van der Waals surface area (Å²) in [6.45, 7) is 0. The van der Waals surface area contributed by atoms with Crippen LogP contribution >= 0.6 is 23.5 Å². The average Bonchev–Trinajstić information content (AvgIpc) is 2.30. The number of rotatable bonds is 3. The van der Waals surface area contributed by atoms with Crippen molar-refractivity contribution in [2.24, 2.45) is 0 Å². The maximum atomic E-state index is 5.77. The van der Waals surface area contributed by atoms with Gasteiger partial charge in [0.05, 0.1) is 0 Å². The smallest absolute Gasteiger partial charge is 0.233 e. The molecule has 0 amide bonds. The zero-order valence-corrected chi connectivity index (χ0v) is 9.29. The number of benzene rings is 1. The lowest BCUT2D eigenvalue weighted by atomic mass is 10.4. The summed E-state index contributed by atoms with van der Waals surface area (Å²) in [5, 5.41) is 0.732. The Kier molecular flexibility index (Phi) is 3.42. The van der Waals surface area contributed by atoms with Gasteiger partial charge in [0.1, 0.15) is 0 Å². The zero-order valence-electron chi connectivity index (χ0n) is 7.72. The molecule has 1 aromatic heterocycles. The fourth-order valence-corrected chi connectivity index (χ4v) is 1.67. The highest BCUT2D eigenvalue weighted by Crippen LogP contribution is 2.20. The maximum absolute atomic E-state index is 5.77. The molecule has 0 spiro atoms. The Bertz CT molecular complexity index is 418. The van der Waals surface area contributed by atoms with Crippen molar-refractivity contribution in [1.82, 2.24) is 9.97 Å². The molecule has 76 valence electrons. The van der Waals surface area contributed by atoms with Crippen molar-refractivity contribution in [3.05, 3.63) is 47.7 Å². The van der Waals surface area contributed by atoms with E-state index >= 15 is 0 Å². The second-order valence-corrected chi connectivity index (χ2v) is 4.05. The standard InChI is InChI=1S/C10H8ClN3S/c11-8-2-4-9(5-3-8)15-14-10-12-6-1-7-13-10/h1-7H,(H,12,13,14). The average molecular weight is 238 g/mol. The molecule has 1 N–H and O–H groups in total. The molecule has 15 heavy (non-hydrogen) atoms. The summed E-state index contributed by atoms with van der Waals surface area (Å²) >= 11 is 7.22. The summed E-state index contributed by atoms with van der Waals surface area (Å²) in [5.74, 6) is 0.595. The Morgan fingerprint density at radius 1 is 1.07 bits per heavy atom. The Morgan fingerprint density at radius 3 is 2.40 bits per heavy atom. The van der Waals surface area contributed by atoms with Gasteiger partial charge >= 0.3 is 0 Å². The maximum Gasteiger partial charge on any atom is 0.233 e. The summed E-state index contributed by atoms with van der Waals surface area (Å²) in [7, 11) is 0. The van der Waals surface area contributed by atoms with Crippen LogP contribution in [-0.2, 0) is 0 Å². The summed E-state index contributed by atoms with van der Waals surface area (Å²) in [5.41, 5.74) is 0. The minimum Gasteiger partial charge on any atom is -0.294 e. The lowest BCUT2D eigenvalue weighted by Gasteiger charge is -2.02. The van der Waals surface area contributed by atoms with Gasteiger partial charge in [-0.05, 0) is 42.3 Å². The lowest BCUT2D eigenvalue weighted by molar-refractivity contribution is 1.18. The van der Waals surface area contributed by atoms with Crippen molar-refractivity contribution in [3.63, 3.8) is 0 Å². The molecule has 0 bridgehead atoms. The highest BCUT2D eigenvalue weighted by atomic mass is 35.5. The fraction of sp³-hybridized carbons (Fsp3) is 0. The van der Waals surface area contributed by atoms with Gasteiger partial charge in [-0.25, -0.2) is 9.97 Å². The van der Waals surface area contributed by atoms with E-state index < -0.39 is 0 Å². The molecule has 0 radical (unpaired) electrons. The molecular weight excluding hydrogens is 230 g/mol. The topological polar surface area (TPSA) is 37.8 Å². The zero-order chi connectivity index (χ0) is 10.5. The van der Waals surface area contributed by atoms with Crippen LogP contribution in [0.5, 0.6) is 0 Å². The van der Waals surface area contributed by atoms with Gasteiger partial charge in [-0.15, -0.1) is 0 Å². The number of hydrogen-bond donors (Lipinski definition) is 1. The van der Waals surface area contributed by atoms with Gasteiger partial charge in [-0.3, -0.25) is 4.72 Å². The molecule has 1 heterocycles. The number of aromatic nitrogens is 2. The van der Waals surface area contributed by atoms with Gasteiger partial charge in [-0.1, -0.05) is 11.6 Å². The van der Waals surface area contributed by atoms with Crippen LogP contribution in [0.25, 0.3) is 0 Å². The van der Waals surface area contributed by atoms with Crippen LogP contribution in [0.3, 0.4) is 0 Å². The predicted molar refractivity (Wildman–Crippen MR) is 63.0 cm³/mol. The Balaban J connectivity index is 1.96. The quantitative estimate of drug-likeness (QED) is 0.832. The van der Waals surface area contributed by atoms with Crippen molar-refractivity contribution in [2.75, 3.05) is 4.72 Å². The largest absolute Gasteiger partial charge is 0.294 e. The number of halogens is 1. The van der Waals surface area contributed by atoms with Crippen molar-refractivity contribution in [1.29, 1.82) is 0 Å². The molecule has 0 unspecified atom stereocenters. The van der Waals surface area contributed by atoms with E-state index in [1.165, 1.54) is 11.9 Å². The van der Waals surface area contributed by atoms with E-state index in [1.54, 1.807) is 18.5 Å². The third-order valence-electron chi connectivity index (χ3n) is 1.64. The van der Waals surface area contributed by atoms with E-state index in [-0.39, 0.29) is 0 Å². The first-order chi connectivity index (χ1) is 7.34. The van der Waals surface area contributed by atoms with Gasteiger partial charge in [-0.2, -0.15) is 0 Å². The number of hydrogen-bond acceptors (Lipinski definition) is 4. The minimum absolute atomic E-state index is 0.595. The molecule has 0 saturated carbocycles. The van der Waals surface area contributed by atoms with E-state index in [4.69, 9.17) is 11.6 Å². The Hall–Kier alpha value is -1.26. The molecule has 0 atom stereocenters. The summed E-state index contributed by atoms with van der Waals surface area (Å²) in [6, 6.07) is 9.33. The number of nitrogens with zero attached hydrogens (tertiary/aromatic N) is 2. The Labute approximate surface area is 97.0 Å². The van der Waals surface area contributed by atoms with E-state index in [1.807, 2.05) is 24.3 Å². The van der Waals surface area contributed by atoms with Crippen molar-refractivity contribution < 1.29 is 0 Å². The van der Waals surface area contributed by atoms with E-state index in [0.717, 1.165) is 9.92 Å². The van der Waals surface area contributed by atoms with Crippen molar-refractivity contribution in [3.8, 4) is 0 Å². The normalized spacial score (nSPS) is 9.93. The van der Waals surface area contributed by atoms with E-state index in [0.29, 0.717) is 5.95 Å². The van der Waals surface area contributed by atoms with Gasteiger partial charge in [0, 0.05) is 22.3 Å². The highest BCUT2D eigenvalue weighted by molar-refractivity contribution is 8.00. The van der Waals surface area contributed by atoms with E-state index in [2.05, 4.69) is 14.7 Å². The van der Waals surface area contributed by atoms with Gasteiger partial charge in [0.15, 0.2) is 0 Å². The van der Waals surface area contributed by atoms with Gasteiger partial charge < -0.3 is 0 Å². The highest BCUT2D eigenvalue weighted by Gasteiger charge is 1.96. The molecule has 1 aromatic carbocycles. The third kappa shape index (κ3) is 3.11. The predicted octanol–water partition coefficient (Wildman–Crippen LogP) is 3.25. The molecule has 5 heteroatoms. The van der Waals surface area contributed by atoms with E-state index in [9.17, 15) is 0 Å². The molecular formula is C10H8ClN3S. The lowest BCUT2D eigenvalue weighted by Crippen LogP contribution is -1.92. The van der Waals surface area contributed by atoms with Crippen LogP contribution in [0.4, 0.5) is 5.95 Å². The Morgan fingerprint density at radius 2 is 1.73 bits per heavy atom. The molecule has 0 aliphatic rings. The van der Waals surface area contributed by atoms with Crippen LogP contribution in [-0.4, -0.2) is 9.97 Å². The van der Waals surface area contributed by atoms with Crippen molar-refractivity contribution in [2.45, 2.75) is 4.90 Å². The first-order valence-electron chi connectivity index (χ1n) is 4.30. The van der Waals surface area contributed by atoms with Crippen molar-refractivity contribution >= 4 is 29.5 Å². The molecule has 0 saturated heterocycles. The minimum atomic E-state index is 0.595. The van der Waals surface area contributed by atoms with Crippen LogP contribution in [0, 0.1) is 0 Å². The third-order valence-corrected chi connectivity index (χ3v) is 2.68. The number of nitrogens with one attached hydrogen (secondary N) is 1. The first kappa shape index (κ1) is 10.3. The molecule has 2 rings (SSSR count). The molecule has 2 aromatic rings. The van der Waals surface area contributed by atoms with Crippen LogP contribution < -0.4 is 4.72 Å². The SMILES string of the molecule is Clc1ccc(SNc2ncccn2)cc1. The molecule has 0 aliphatic heterocycles. The summed E-state index contributed by atoms with van der Waals surface area (Å²) in [6.07, 6.45) is 3.38. The second kappa shape index (κ2) is 5.00.